The number of piperidine rings is 1. The lowest BCUT2D eigenvalue weighted by Crippen LogP contribution is -2.42. The van der Waals surface area contributed by atoms with E-state index in [1.807, 2.05) is 49.8 Å². The van der Waals surface area contributed by atoms with E-state index < -0.39 is 0 Å². The number of nitriles is 1. The number of nitrogens with zero attached hydrogens (tertiary/aromatic N) is 8. The highest BCUT2D eigenvalue weighted by molar-refractivity contribution is 5.94. The minimum Gasteiger partial charge on any atom is -0.382 e. The molecule has 0 saturated carbocycles. The second-order valence-corrected chi connectivity index (χ2v) is 9.87. The molecule has 1 aliphatic rings. The van der Waals surface area contributed by atoms with Crippen molar-refractivity contribution in [3.8, 4) is 28.6 Å². The first kappa shape index (κ1) is 23.0. The highest BCUT2D eigenvalue weighted by atomic mass is 15.3. The Balaban J connectivity index is 1.57. The van der Waals surface area contributed by atoms with Crippen LogP contribution in [0.3, 0.4) is 0 Å². The molecule has 9 heteroatoms. The van der Waals surface area contributed by atoms with Gasteiger partial charge in [-0.3, -0.25) is 9.08 Å². The summed E-state index contributed by atoms with van der Waals surface area (Å²) in [6.45, 7) is 1.84. The Morgan fingerprint density at radius 2 is 1.78 bits per heavy atom. The molecule has 0 spiro atoms. The third-order valence-electron chi connectivity index (χ3n) is 7.46. The van der Waals surface area contributed by atoms with E-state index >= 15 is 0 Å². The Labute approximate surface area is 215 Å². The minimum absolute atomic E-state index is 0.495. The summed E-state index contributed by atoms with van der Waals surface area (Å²) < 4.78 is 3.92. The SMILES string of the molecule is CN(C)C1CCN(c2nc(-c3ccc(C#N)cc3)c(-c3ccc4c(c3)c(N)nn4C)n3ccnc23)CC1. The van der Waals surface area contributed by atoms with E-state index in [0.717, 1.165) is 70.8 Å². The summed E-state index contributed by atoms with van der Waals surface area (Å²) in [5.41, 5.74) is 12.3. The van der Waals surface area contributed by atoms with Crippen LogP contribution in [0.5, 0.6) is 0 Å². The smallest absolute Gasteiger partial charge is 0.180 e. The van der Waals surface area contributed by atoms with E-state index in [1.165, 1.54) is 0 Å². The van der Waals surface area contributed by atoms with E-state index in [-0.39, 0.29) is 0 Å². The maximum atomic E-state index is 9.34. The zero-order valence-electron chi connectivity index (χ0n) is 21.3. The monoisotopic (exact) mass is 491 g/mol. The molecule has 1 aliphatic heterocycles. The van der Waals surface area contributed by atoms with Crippen LogP contribution >= 0.6 is 0 Å². The minimum atomic E-state index is 0.495. The summed E-state index contributed by atoms with van der Waals surface area (Å²) in [5, 5.41) is 14.6. The highest BCUT2D eigenvalue weighted by Crippen LogP contribution is 2.37. The van der Waals surface area contributed by atoms with Gasteiger partial charge in [-0.25, -0.2) is 9.97 Å². The number of nitrogen functional groups attached to an aromatic ring is 1. The molecule has 4 heterocycles. The zero-order chi connectivity index (χ0) is 25.7. The lowest BCUT2D eigenvalue weighted by Gasteiger charge is -2.36. The van der Waals surface area contributed by atoms with Crippen molar-refractivity contribution in [2.24, 2.45) is 7.05 Å². The number of fused-ring (bicyclic) bond motifs is 2. The van der Waals surface area contributed by atoms with Gasteiger partial charge in [-0.15, -0.1) is 0 Å². The summed E-state index contributed by atoms with van der Waals surface area (Å²) >= 11 is 0. The number of rotatable bonds is 4. The van der Waals surface area contributed by atoms with Crippen molar-refractivity contribution in [1.29, 1.82) is 5.26 Å². The van der Waals surface area contributed by atoms with Crippen LogP contribution in [0.4, 0.5) is 11.6 Å². The second-order valence-electron chi connectivity index (χ2n) is 9.87. The Hall–Kier alpha value is -4.42. The molecule has 1 fully saturated rings. The highest BCUT2D eigenvalue weighted by Gasteiger charge is 2.26. The number of imidazole rings is 1. The Morgan fingerprint density at radius 3 is 2.49 bits per heavy atom. The number of hydrogen-bond acceptors (Lipinski definition) is 7. The lowest BCUT2D eigenvalue weighted by molar-refractivity contribution is 0.249. The van der Waals surface area contributed by atoms with Crippen molar-refractivity contribution in [2.75, 3.05) is 37.8 Å². The molecule has 6 rings (SSSR count). The molecule has 0 radical (unpaired) electrons. The topological polar surface area (TPSA) is 104 Å². The molecule has 0 unspecified atom stereocenters. The van der Waals surface area contributed by atoms with Crippen molar-refractivity contribution in [1.82, 2.24) is 29.0 Å². The van der Waals surface area contributed by atoms with Crippen LogP contribution in [0.15, 0.2) is 54.9 Å². The van der Waals surface area contributed by atoms with Crippen LogP contribution in [0.2, 0.25) is 0 Å². The third-order valence-corrected chi connectivity index (χ3v) is 7.46. The van der Waals surface area contributed by atoms with Crippen molar-refractivity contribution >= 4 is 28.2 Å². The predicted molar refractivity (Wildman–Crippen MR) is 146 cm³/mol. The zero-order valence-corrected chi connectivity index (χ0v) is 21.3. The first-order valence-corrected chi connectivity index (χ1v) is 12.5. The van der Waals surface area contributed by atoms with Crippen molar-refractivity contribution in [3.63, 3.8) is 0 Å². The number of aryl methyl sites for hydroxylation is 1. The van der Waals surface area contributed by atoms with Gasteiger partial charge in [-0.1, -0.05) is 18.2 Å². The molecular formula is C28H29N9. The first-order chi connectivity index (χ1) is 17.9. The summed E-state index contributed by atoms with van der Waals surface area (Å²) in [6, 6.07) is 16.6. The summed E-state index contributed by atoms with van der Waals surface area (Å²) in [7, 11) is 6.19. The maximum absolute atomic E-state index is 9.34. The van der Waals surface area contributed by atoms with Gasteiger partial charge in [-0.2, -0.15) is 10.4 Å². The van der Waals surface area contributed by atoms with Gasteiger partial charge in [0.2, 0.25) is 0 Å². The largest absolute Gasteiger partial charge is 0.382 e. The van der Waals surface area contributed by atoms with Crippen LogP contribution in [-0.2, 0) is 7.05 Å². The molecule has 0 atom stereocenters. The Kier molecular flexibility index (Phi) is 5.54. The number of nitrogens with two attached hydrogens (primary N) is 1. The van der Waals surface area contributed by atoms with Gasteiger partial charge in [-0.05, 0) is 51.2 Å². The van der Waals surface area contributed by atoms with Gasteiger partial charge in [0.05, 0.1) is 28.5 Å². The number of benzene rings is 2. The molecule has 1 saturated heterocycles. The van der Waals surface area contributed by atoms with Gasteiger partial charge in [0.25, 0.3) is 0 Å². The molecule has 9 nitrogen and oxygen atoms in total. The fourth-order valence-corrected chi connectivity index (χ4v) is 5.40. The standard InChI is InChI=1S/C28H29N9/c1-34(2)21-10-13-36(14-11-21)28-27-31-12-15-37(27)25(24(32-28)19-6-4-18(17-29)5-7-19)20-8-9-23-22(16-20)26(30)33-35(23)3/h4-9,12,15-16,21H,10-11,13-14H2,1-3H3,(H2,30,33). The molecular weight excluding hydrogens is 462 g/mol. The van der Waals surface area contributed by atoms with Gasteiger partial charge >= 0.3 is 0 Å². The Bertz CT molecular complexity index is 1650. The quantitative estimate of drug-likeness (QED) is 0.406. The molecule has 2 N–H and O–H groups in total. The van der Waals surface area contributed by atoms with Gasteiger partial charge in [0.1, 0.15) is 0 Å². The van der Waals surface area contributed by atoms with E-state index in [9.17, 15) is 5.26 Å². The molecule has 3 aromatic heterocycles. The molecule has 0 amide bonds. The van der Waals surface area contributed by atoms with Gasteiger partial charge in [0, 0.05) is 55.1 Å². The lowest BCUT2D eigenvalue weighted by atomic mass is 10.0. The van der Waals surface area contributed by atoms with Crippen molar-refractivity contribution in [3.05, 3.63) is 60.4 Å². The summed E-state index contributed by atoms with van der Waals surface area (Å²) in [5.74, 6) is 1.38. The number of hydrogen-bond donors (Lipinski definition) is 1. The molecule has 186 valence electrons. The number of aromatic nitrogens is 5. The van der Waals surface area contributed by atoms with Crippen LogP contribution in [-0.4, -0.2) is 62.3 Å². The van der Waals surface area contributed by atoms with Gasteiger partial charge < -0.3 is 15.5 Å². The van der Waals surface area contributed by atoms with E-state index in [1.54, 1.807) is 4.68 Å². The maximum Gasteiger partial charge on any atom is 0.180 e. The van der Waals surface area contributed by atoms with Crippen LogP contribution in [0.1, 0.15) is 18.4 Å². The summed E-state index contributed by atoms with van der Waals surface area (Å²) in [6.07, 6.45) is 5.97. The van der Waals surface area contributed by atoms with Crippen LogP contribution in [0, 0.1) is 11.3 Å². The normalized spacial score (nSPS) is 14.6. The molecule has 37 heavy (non-hydrogen) atoms. The van der Waals surface area contributed by atoms with Crippen molar-refractivity contribution in [2.45, 2.75) is 18.9 Å². The van der Waals surface area contributed by atoms with E-state index in [2.05, 4.69) is 51.6 Å². The third kappa shape index (κ3) is 3.86. The Morgan fingerprint density at radius 1 is 1.05 bits per heavy atom. The van der Waals surface area contributed by atoms with E-state index in [4.69, 9.17) is 15.7 Å². The molecule has 2 aromatic carbocycles. The van der Waals surface area contributed by atoms with Crippen molar-refractivity contribution < 1.29 is 0 Å². The fraction of sp³-hybridized carbons (Fsp3) is 0.286. The number of anilines is 2. The first-order valence-electron chi connectivity index (χ1n) is 12.5. The molecule has 0 aliphatic carbocycles. The molecule has 0 bridgehead atoms. The molecule has 5 aromatic rings. The average molecular weight is 492 g/mol. The second kappa shape index (κ2) is 8.91. The average Bonchev–Trinajstić information content (AvgIpc) is 3.52. The fourth-order valence-electron chi connectivity index (χ4n) is 5.40. The van der Waals surface area contributed by atoms with E-state index in [0.29, 0.717) is 17.4 Å². The van der Waals surface area contributed by atoms with Gasteiger partial charge in [0.15, 0.2) is 17.3 Å². The van der Waals surface area contributed by atoms with Crippen LogP contribution in [0.25, 0.3) is 39.1 Å². The van der Waals surface area contributed by atoms with Crippen LogP contribution < -0.4 is 10.6 Å². The predicted octanol–water partition coefficient (Wildman–Crippen LogP) is 3.93. The summed E-state index contributed by atoms with van der Waals surface area (Å²) in [4.78, 5) is 14.7.